The molecule has 2 rings (SSSR count). The molecule has 2 aromatic rings. The molecule has 1 aromatic heterocycles. The topological polar surface area (TPSA) is 38.9 Å². The summed E-state index contributed by atoms with van der Waals surface area (Å²) in [4.78, 5) is 3.92. The smallest absolute Gasteiger partial charge is 0.194 e. The molecular weight excluding hydrogens is 241 g/mol. The number of hydrogen-bond acceptors (Lipinski definition) is 2. The second kappa shape index (κ2) is 5.18. The van der Waals surface area contributed by atoms with E-state index in [1.165, 1.54) is 0 Å². The molecule has 0 aliphatic rings. The van der Waals surface area contributed by atoms with E-state index in [9.17, 15) is 13.2 Å². The molecule has 0 bridgehead atoms. The van der Waals surface area contributed by atoms with E-state index in [1.807, 2.05) is 6.07 Å². The fourth-order valence-electron chi connectivity index (χ4n) is 1.68. The molecule has 18 heavy (non-hydrogen) atoms. The zero-order valence-corrected chi connectivity index (χ0v) is 9.41. The normalized spacial score (nSPS) is 12.4. The number of nitrogens with zero attached hydrogens (tertiary/aromatic N) is 1. The summed E-state index contributed by atoms with van der Waals surface area (Å²) in [6.45, 7) is 0. The molecule has 0 saturated heterocycles. The number of pyridine rings is 1. The molecule has 1 heterocycles. The second-order valence-electron chi connectivity index (χ2n) is 3.97. The van der Waals surface area contributed by atoms with Crippen molar-refractivity contribution in [1.29, 1.82) is 0 Å². The third-order valence-electron chi connectivity index (χ3n) is 2.61. The summed E-state index contributed by atoms with van der Waals surface area (Å²) in [5, 5.41) is 0. The van der Waals surface area contributed by atoms with Crippen molar-refractivity contribution in [2.45, 2.75) is 12.5 Å². The van der Waals surface area contributed by atoms with Crippen molar-refractivity contribution >= 4 is 0 Å². The van der Waals surface area contributed by atoms with Gasteiger partial charge < -0.3 is 5.73 Å². The highest BCUT2D eigenvalue weighted by atomic mass is 19.2. The third-order valence-corrected chi connectivity index (χ3v) is 2.61. The van der Waals surface area contributed by atoms with Crippen LogP contribution in [0.3, 0.4) is 0 Å². The Morgan fingerprint density at radius 2 is 1.83 bits per heavy atom. The highest BCUT2D eigenvalue weighted by Gasteiger charge is 2.15. The predicted molar refractivity (Wildman–Crippen MR) is 61.2 cm³/mol. The van der Waals surface area contributed by atoms with Gasteiger partial charge in [0.05, 0.1) is 0 Å². The largest absolute Gasteiger partial charge is 0.324 e. The molecule has 0 saturated carbocycles. The Morgan fingerprint density at radius 1 is 1.17 bits per heavy atom. The summed E-state index contributed by atoms with van der Waals surface area (Å²) >= 11 is 0. The Bertz CT molecular complexity index is 520. The van der Waals surface area contributed by atoms with E-state index >= 15 is 0 Å². The summed E-state index contributed by atoms with van der Waals surface area (Å²) < 4.78 is 38.9. The molecule has 0 amide bonds. The minimum Gasteiger partial charge on any atom is -0.324 e. The first kappa shape index (κ1) is 12.6. The maximum atomic E-state index is 13.1. The Kier molecular flexibility index (Phi) is 3.62. The SMILES string of the molecule is NC(Cc1cccnc1)c1cc(F)c(F)c(F)c1. The Hall–Kier alpha value is -1.88. The average Bonchev–Trinajstić information content (AvgIpc) is 2.36. The molecule has 2 N–H and O–H groups in total. The average molecular weight is 252 g/mol. The van der Waals surface area contributed by atoms with Crippen molar-refractivity contribution in [3.63, 3.8) is 0 Å². The number of rotatable bonds is 3. The molecule has 0 aliphatic carbocycles. The van der Waals surface area contributed by atoms with Crippen molar-refractivity contribution in [3.05, 3.63) is 65.2 Å². The van der Waals surface area contributed by atoms with Crippen LogP contribution in [0.2, 0.25) is 0 Å². The van der Waals surface area contributed by atoms with E-state index in [0.717, 1.165) is 17.7 Å². The van der Waals surface area contributed by atoms with Gasteiger partial charge in [-0.3, -0.25) is 4.98 Å². The molecule has 0 radical (unpaired) electrons. The summed E-state index contributed by atoms with van der Waals surface area (Å²) in [6.07, 6.45) is 3.61. The minimum absolute atomic E-state index is 0.218. The molecule has 0 spiro atoms. The van der Waals surface area contributed by atoms with Gasteiger partial charge in [0.25, 0.3) is 0 Å². The minimum atomic E-state index is -1.48. The quantitative estimate of drug-likeness (QED) is 0.853. The molecule has 1 atom stereocenters. The van der Waals surface area contributed by atoms with Crippen LogP contribution in [0, 0.1) is 17.5 Å². The Morgan fingerprint density at radius 3 is 2.39 bits per heavy atom. The van der Waals surface area contributed by atoms with Crippen molar-refractivity contribution in [2.75, 3.05) is 0 Å². The number of aromatic nitrogens is 1. The van der Waals surface area contributed by atoms with Gasteiger partial charge in [0.1, 0.15) is 0 Å². The molecule has 94 valence electrons. The third kappa shape index (κ3) is 2.68. The van der Waals surface area contributed by atoms with Gasteiger partial charge in [-0.15, -0.1) is 0 Å². The number of benzene rings is 1. The monoisotopic (exact) mass is 252 g/mol. The number of halogens is 3. The van der Waals surface area contributed by atoms with E-state index in [2.05, 4.69) is 4.98 Å². The van der Waals surface area contributed by atoms with E-state index in [-0.39, 0.29) is 5.56 Å². The van der Waals surface area contributed by atoms with Crippen molar-refractivity contribution in [2.24, 2.45) is 5.73 Å². The molecule has 1 aromatic carbocycles. The molecule has 0 aliphatic heterocycles. The van der Waals surface area contributed by atoms with E-state index in [1.54, 1.807) is 18.5 Å². The van der Waals surface area contributed by atoms with Gasteiger partial charge in [-0.1, -0.05) is 6.07 Å². The van der Waals surface area contributed by atoms with Crippen molar-refractivity contribution in [1.82, 2.24) is 4.98 Å². The molecule has 2 nitrogen and oxygen atoms in total. The first-order valence-corrected chi connectivity index (χ1v) is 5.37. The van der Waals surface area contributed by atoms with Crippen LogP contribution in [0.4, 0.5) is 13.2 Å². The van der Waals surface area contributed by atoms with E-state index in [0.29, 0.717) is 6.42 Å². The van der Waals surface area contributed by atoms with Gasteiger partial charge in [-0.05, 0) is 35.7 Å². The molecular formula is C13H11F3N2. The van der Waals surface area contributed by atoms with Gasteiger partial charge >= 0.3 is 0 Å². The van der Waals surface area contributed by atoms with Gasteiger partial charge in [-0.25, -0.2) is 13.2 Å². The van der Waals surface area contributed by atoms with Crippen molar-refractivity contribution in [3.8, 4) is 0 Å². The van der Waals surface area contributed by atoms with E-state index in [4.69, 9.17) is 5.73 Å². The van der Waals surface area contributed by atoms with Crippen LogP contribution in [-0.2, 0) is 6.42 Å². The van der Waals surface area contributed by atoms with Crippen molar-refractivity contribution < 1.29 is 13.2 Å². The number of hydrogen-bond donors (Lipinski definition) is 1. The van der Waals surface area contributed by atoms with Crippen LogP contribution in [0.1, 0.15) is 17.2 Å². The summed E-state index contributed by atoms with van der Waals surface area (Å²) in [5.74, 6) is -3.94. The van der Waals surface area contributed by atoms with Crippen LogP contribution < -0.4 is 5.73 Å². The first-order chi connectivity index (χ1) is 8.58. The van der Waals surface area contributed by atoms with Crippen LogP contribution >= 0.6 is 0 Å². The summed E-state index contributed by atoms with van der Waals surface area (Å²) in [6, 6.07) is 4.77. The van der Waals surface area contributed by atoms with Gasteiger partial charge in [0, 0.05) is 18.4 Å². The van der Waals surface area contributed by atoms with Crippen LogP contribution in [0.5, 0.6) is 0 Å². The first-order valence-electron chi connectivity index (χ1n) is 5.37. The number of nitrogens with two attached hydrogens (primary N) is 1. The molecule has 1 unspecified atom stereocenters. The maximum absolute atomic E-state index is 13.1. The van der Waals surface area contributed by atoms with Crippen LogP contribution in [0.15, 0.2) is 36.7 Å². The fraction of sp³-hybridized carbons (Fsp3) is 0.154. The standard InChI is InChI=1S/C13H11F3N2/c14-10-5-9(6-11(15)13(10)16)12(17)4-8-2-1-3-18-7-8/h1-3,5-7,12H,4,17H2. The zero-order chi connectivity index (χ0) is 13.1. The lowest BCUT2D eigenvalue weighted by Gasteiger charge is -2.12. The Labute approximate surface area is 102 Å². The fourth-order valence-corrected chi connectivity index (χ4v) is 1.68. The van der Waals surface area contributed by atoms with Gasteiger partial charge in [0.15, 0.2) is 17.5 Å². The molecule has 5 heteroatoms. The molecule has 0 fully saturated rings. The summed E-state index contributed by atoms with van der Waals surface area (Å²) in [5.41, 5.74) is 6.89. The van der Waals surface area contributed by atoms with Gasteiger partial charge in [0.2, 0.25) is 0 Å². The lowest BCUT2D eigenvalue weighted by atomic mass is 10.0. The van der Waals surface area contributed by atoms with Crippen LogP contribution in [0.25, 0.3) is 0 Å². The lowest BCUT2D eigenvalue weighted by Crippen LogP contribution is -2.14. The predicted octanol–water partition coefficient (Wildman–Crippen LogP) is 2.74. The maximum Gasteiger partial charge on any atom is 0.194 e. The van der Waals surface area contributed by atoms with Gasteiger partial charge in [-0.2, -0.15) is 0 Å². The Balaban J connectivity index is 2.22. The zero-order valence-electron chi connectivity index (χ0n) is 9.41. The highest BCUT2D eigenvalue weighted by Crippen LogP contribution is 2.20. The summed E-state index contributed by atoms with van der Waals surface area (Å²) in [7, 11) is 0. The highest BCUT2D eigenvalue weighted by molar-refractivity contribution is 5.24. The second-order valence-corrected chi connectivity index (χ2v) is 3.97. The van der Waals surface area contributed by atoms with E-state index < -0.39 is 23.5 Å². The van der Waals surface area contributed by atoms with Crippen LogP contribution in [-0.4, -0.2) is 4.98 Å². The lowest BCUT2D eigenvalue weighted by molar-refractivity contribution is 0.443.